The zero-order valence-electron chi connectivity index (χ0n) is 12.9. The van der Waals surface area contributed by atoms with E-state index < -0.39 is 0 Å². The summed E-state index contributed by atoms with van der Waals surface area (Å²) in [6.07, 6.45) is 1.22. The molecule has 0 aliphatic heterocycles. The molecule has 1 aromatic rings. The molecule has 0 radical (unpaired) electrons. The molecule has 0 bridgehead atoms. The van der Waals surface area contributed by atoms with Crippen molar-refractivity contribution in [2.75, 3.05) is 18.0 Å². The fraction of sp³-hybridized carbons (Fsp3) is 0.500. The van der Waals surface area contributed by atoms with Gasteiger partial charge in [0.15, 0.2) is 0 Å². The second kappa shape index (κ2) is 8.67. The number of hydrogen-bond donors (Lipinski definition) is 1. The smallest absolute Gasteiger partial charge is 0.223 e. The summed E-state index contributed by atoms with van der Waals surface area (Å²) >= 11 is 6.10. The number of benzene rings is 1. The summed E-state index contributed by atoms with van der Waals surface area (Å²) in [7, 11) is 0. The van der Waals surface area contributed by atoms with E-state index in [0.29, 0.717) is 29.7 Å². The van der Waals surface area contributed by atoms with Gasteiger partial charge in [0, 0.05) is 26.4 Å². The van der Waals surface area contributed by atoms with Gasteiger partial charge in [-0.1, -0.05) is 37.6 Å². The molecule has 0 atom stereocenters. The summed E-state index contributed by atoms with van der Waals surface area (Å²) in [4.78, 5) is 25.1. The molecule has 0 fully saturated rings. The molecule has 4 nitrogen and oxygen atoms in total. The molecule has 0 saturated heterocycles. The molecular weight excluding hydrogens is 288 g/mol. The van der Waals surface area contributed by atoms with Gasteiger partial charge in [0.1, 0.15) is 0 Å². The number of rotatable bonds is 7. The Bertz CT molecular complexity index is 489. The molecule has 0 saturated carbocycles. The van der Waals surface area contributed by atoms with Crippen LogP contribution in [0.4, 0.5) is 5.69 Å². The Balaban J connectivity index is 2.55. The summed E-state index contributed by atoms with van der Waals surface area (Å²) in [6, 6.07) is 7.14. The lowest BCUT2D eigenvalue weighted by Crippen LogP contribution is -2.34. The quantitative estimate of drug-likeness (QED) is 0.840. The second-order valence-corrected chi connectivity index (χ2v) is 5.81. The maximum absolute atomic E-state index is 11.8. The van der Waals surface area contributed by atoms with Gasteiger partial charge in [-0.15, -0.1) is 0 Å². The highest BCUT2D eigenvalue weighted by atomic mass is 35.5. The van der Waals surface area contributed by atoms with E-state index in [1.54, 1.807) is 12.1 Å². The van der Waals surface area contributed by atoms with E-state index in [1.165, 1.54) is 11.8 Å². The SMILES string of the molecule is CC(=O)N(CCC(=O)NCCC(C)C)c1ccccc1Cl. The third kappa shape index (κ3) is 6.17. The van der Waals surface area contributed by atoms with Crippen molar-refractivity contribution in [3.05, 3.63) is 29.3 Å². The molecule has 1 aromatic carbocycles. The van der Waals surface area contributed by atoms with Crippen LogP contribution < -0.4 is 10.2 Å². The first-order valence-corrected chi connectivity index (χ1v) is 7.59. The van der Waals surface area contributed by atoms with Crippen LogP contribution in [-0.2, 0) is 9.59 Å². The van der Waals surface area contributed by atoms with Crippen LogP contribution in [0, 0.1) is 5.92 Å². The van der Waals surface area contributed by atoms with Crippen molar-refractivity contribution in [1.82, 2.24) is 5.32 Å². The number of anilines is 1. The van der Waals surface area contributed by atoms with Crippen LogP contribution in [0.3, 0.4) is 0 Å². The van der Waals surface area contributed by atoms with Crippen LogP contribution >= 0.6 is 11.6 Å². The Morgan fingerprint density at radius 3 is 2.52 bits per heavy atom. The molecule has 116 valence electrons. The van der Waals surface area contributed by atoms with Crippen molar-refractivity contribution in [3.8, 4) is 0 Å². The van der Waals surface area contributed by atoms with Gasteiger partial charge in [-0.3, -0.25) is 9.59 Å². The van der Waals surface area contributed by atoms with Crippen LogP contribution in [-0.4, -0.2) is 24.9 Å². The summed E-state index contributed by atoms with van der Waals surface area (Å²) in [5, 5.41) is 3.37. The first-order chi connectivity index (χ1) is 9.91. The number of carbonyl (C=O) groups is 2. The topological polar surface area (TPSA) is 49.4 Å². The van der Waals surface area contributed by atoms with Gasteiger partial charge in [0.2, 0.25) is 11.8 Å². The molecule has 1 rings (SSSR count). The molecule has 1 N–H and O–H groups in total. The standard InChI is InChI=1S/C16H23ClN2O2/c1-12(2)8-10-18-16(21)9-11-19(13(3)20)15-7-5-4-6-14(15)17/h4-7,12H,8-11H2,1-3H3,(H,18,21). The van der Waals surface area contributed by atoms with Crippen molar-refractivity contribution >= 4 is 29.1 Å². The van der Waals surface area contributed by atoms with Crippen molar-refractivity contribution in [1.29, 1.82) is 0 Å². The molecule has 0 aliphatic rings. The van der Waals surface area contributed by atoms with Gasteiger partial charge in [0.05, 0.1) is 10.7 Å². The number of nitrogens with zero attached hydrogens (tertiary/aromatic N) is 1. The van der Waals surface area contributed by atoms with Gasteiger partial charge >= 0.3 is 0 Å². The highest BCUT2D eigenvalue weighted by molar-refractivity contribution is 6.33. The average Bonchev–Trinajstić information content (AvgIpc) is 2.40. The fourth-order valence-electron chi connectivity index (χ4n) is 1.92. The largest absolute Gasteiger partial charge is 0.356 e. The van der Waals surface area contributed by atoms with E-state index in [2.05, 4.69) is 19.2 Å². The van der Waals surface area contributed by atoms with Crippen molar-refractivity contribution in [2.24, 2.45) is 5.92 Å². The third-order valence-electron chi connectivity index (χ3n) is 3.13. The van der Waals surface area contributed by atoms with Gasteiger partial charge in [-0.05, 0) is 24.5 Å². The van der Waals surface area contributed by atoms with Crippen LogP contribution in [0.2, 0.25) is 5.02 Å². The van der Waals surface area contributed by atoms with E-state index in [-0.39, 0.29) is 18.2 Å². The van der Waals surface area contributed by atoms with Crippen LogP contribution in [0.25, 0.3) is 0 Å². The highest BCUT2D eigenvalue weighted by Crippen LogP contribution is 2.25. The third-order valence-corrected chi connectivity index (χ3v) is 3.45. The summed E-state index contributed by atoms with van der Waals surface area (Å²) < 4.78 is 0. The summed E-state index contributed by atoms with van der Waals surface area (Å²) in [6.45, 7) is 6.69. The molecule has 0 aromatic heterocycles. The van der Waals surface area contributed by atoms with E-state index in [4.69, 9.17) is 11.6 Å². The lowest BCUT2D eigenvalue weighted by Gasteiger charge is -2.22. The number of para-hydroxylation sites is 1. The molecule has 0 unspecified atom stereocenters. The number of halogens is 1. The number of hydrogen-bond acceptors (Lipinski definition) is 2. The first kappa shape index (κ1) is 17.5. The van der Waals surface area contributed by atoms with Gasteiger partial charge in [-0.2, -0.15) is 0 Å². The van der Waals surface area contributed by atoms with Gasteiger partial charge in [0.25, 0.3) is 0 Å². The lowest BCUT2D eigenvalue weighted by molar-refractivity contribution is -0.121. The molecule has 2 amide bonds. The zero-order chi connectivity index (χ0) is 15.8. The maximum atomic E-state index is 11.8. The van der Waals surface area contributed by atoms with E-state index in [9.17, 15) is 9.59 Å². The van der Waals surface area contributed by atoms with Crippen molar-refractivity contribution in [3.63, 3.8) is 0 Å². The monoisotopic (exact) mass is 310 g/mol. The Labute approximate surface area is 131 Å². The van der Waals surface area contributed by atoms with E-state index in [0.717, 1.165) is 6.42 Å². The molecule has 21 heavy (non-hydrogen) atoms. The first-order valence-electron chi connectivity index (χ1n) is 7.21. The van der Waals surface area contributed by atoms with E-state index >= 15 is 0 Å². The number of carbonyl (C=O) groups excluding carboxylic acids is 2. The van der Waals surface area contributed by atoms with Crippen molar-refractivity contribution in [2.45, 2.75) is 33.6 Å². The Morgan fingerprint density at radius 1 is 1.29 bits per heavy atom. The molecular formula is C16H23ClN2O2. The predicted octanol–water partition coefficient (Wildman–Crippen LogP) is 3.25. The predicted molar refractivity (Wildman–Crippen MR) is 86.6 cm³/mol. The highest BCUT2D eigenvalue weighted by Gasteiger charge is 2.15. The fourth-order valence-corrected chi connectivity index (χ4v) is 2.16. The normalized spacial score (nSPS) is 10.5. The van der Waals surface area contributed by atoms with Crippen molar-refractivity contribution < 1.29 is 9.59 Å². The van der Waals surface area contributed by atoms with Gasteiger partial charge in [-0.25, -0.2) is 0 Å². The maximum Gasteiger partial charge on any atom is 0.223 e. The Hall–Kier alpha value is -1.55. The number of nitrogens with one attached hydrogen (secondary N) is 1. The van der Waals surface area contributed by atoms with Crippen LogP contribution in [0.15, 0.2) is 24.3 Å². The minimum atomic E-state index is -0.127. The molecule has 0 heterocycles. The van der Waals surface area contributed by atoms with Crippen LogP contribution in [0.1, 0.15) is 33.6 Å². The second-order valence-electron chi connectivity index (χ2n) is 5.40. The van der Waals surface area contributed by atoms with Crippen LogP contribution in [0.5, 0.6) is 0 Å². The lowest BCUT2D eigenvalue weighted by atomic mass is 10.1. The molecule has 5 heteroatoms. The molecule has 0 spiro atoms. The molecule has 0 aliphatic carbocycles. The minimum absolute atomic E-state index is 0.0473. The minimum Gasteiger partial charge on any atom is -0.356 e. The summed E-state index contributed by atoms with van der Waals surface area (Å²) in [5.41, 5.74) is 0.640. The van der Waals surface area contributed by atoms with Gasteiger partial charge < -0.3 is 10.2 Å². The summed E-state index contributed by atoms with van der Waals surface area (Å²) in [5.74, 6) is 0.383. The average molecular weight is 311 g/mol. The zero-order valence-corrected chi connectivity index (χ0v) is 13.6. The Morgan fingerprint density at radius 2 is 1.95 bits per heavy atom. The van der Waals surface area contributed by atoms with E-state index in [1.807, 2.05) is 12.1 Å². The number of amides is 2. The Kier molecular flexibility index (Phi) is 7.23.